The topological polar surface area (TPSA) is 224 Å². The zero-order chi connectivity index (χ0) is 22.5. The molecule has 7 N–H and O–H groups in total. The molecule has 0 bridgehead atoms. The van der Waals surface area contributed by atoms with Crippen LogP contribution in [0.1, 0.15) is 6.23 Å². The molecule has 1 saturated heterocycles. The molecule has 0 aromatic carbocycles. The van der Waals surface area contributed by atoms with Crippen molar-refractivity contribution in [2.75, 3.05) is 24.7 Å². The third-order valence-electron chi connectivity index (χ3n) is 3.92. The van der Waals surface area contributed by atoms with E-state index in [1.807, 2.05) is 0 Å². The number of hydrogen-bond donors (Lipinski definition) is 6. The average Bonchev–Trinajstić information content (AvgIpc) is 3.10. The maximum absolute atomic E-state index is 15.1. The van der Waals surface area contributed by atoms with E-state index in [0.29, 0.717) is 0 Å². The first-order chi connectivity index (χ1) is 13.7. The minimum absolute atomic E-state index is 0.00551. The molecule has 3 heterocycles. The fourth-order valence-corrected chi connectivity index (χ4v) is 4.61. The predicted octanol–water partition coefficient (Wildman–Crippen LogP) is -0.161. The Morgan fingerprint density at radius 1 is 1.43 bits per heavy atom. The van der Waals surface area contributed by atoms with Crippen LogP contribution in [0.25, 0.3) is 11.2 Å². The highest BCUT2D eigenvalue weighted by Crippen LogP contribution is 2.58. The Hall–Kier alpha value is -1.45. The Morgan fingerprint density at radius 2 is 2.10 bits per heavy atom. The molecule has 0 spiro atoms. The monoisotopic (exact) mass is 492 g/mol. The SMILES string of the molecule is CNc1nc(N)nc2c1ncn2[C@@H]1O[C@H](COP(=O)(O)OP(=O)(O)O)[C@@H](O)[C@]1(F)Cl. The molecule has 1 fully saturated rings. The molecule has 168 valence electrons. The van der Waals surface area contributed by atoms with Crippen LogP contribution in [0.4, 0.5) is 16.2 Å². The van der Waals surface area contributed by atoms with Crippen LogP contribution in [0.3, 0.4) is 0 Å². The van der Waals surface area contributed by atoms with E-state index in [1.54, 1.807) is 0 Å². The minimum atomic E-state index is -5.37. The molecule has 2 aromatic heterocycles. The first kappa shape index (κ1) is 23.2. The van der Waals surface area contributed by atoms with E-state index in [4.69, 9.17) is 31.9 Å². The fourth-order valence-electron chi connectivity index (χ4n) is 2.71. The number of nitrogens with zero attached hydrogens (tertiary/aromatic N) is 4. The van der Waals surface area contributed by atoms with E-state index < -0.39 is 45.8 Å². The lowest BCUT2D eigenvalue weighted by Gasteiger charge is -2.22. The quantitative estimate of drug-likeness (QED) is 0.218. The largest absolute Gasteiger partial charge is 0.481 e. The van der Waals surface area contributed by atoms with Gasteiger partial charge in [-0.25, -0.2) is 18.5 Å². The molecule has 1 unspecified atom stereocenters. The predicted molar refractivity (Wildman–Crippen MR) is 97.8 cm³/mol. The number of nitrogen functional groups attached to an aromatic ring is 1. The zero-order valence-electron chi connectivity index (χ0n) is 14.9. The number of phosphoric ester groups is 1. The van der Waals surface area contributed by atoms with Gasteiger partial charge in [-0.3, -0.25) is 9.09 Å². The molecule has 15 nitrogen and oxygen atoms in total. The molecule has 30 heavy (non-hydrogen) atoms. The van der Waals surface area contributed by atoms with Crippen molar-refractivity contribution in [1.29, 1.82) is 0 Å². The van der Waals surface area contributed by atoms with Crippen molar-refractivity contribution in [2.45, 2.75) is 23.6 Å². The lowest BCUT2D eigenvalue weighted by Crippen LogP contribution is -2.38. The normalized spacial score (nSPS) is 29.2. The molecular formula is C11H16ClFN6O9P2. The number of nitrogens with two attached hydrogens (primary N) is 1. The van der Waals surface area contributed by atoms with E-state index >= 15 is 4.39 Å². The molecule has 2 aromatic rings. The summed E-state index contributed by atoms with van der Waals surface area (Å²) in [5.41, 5.74) is 5.81. The van der Waals surface area contributed by atoms with E-state index in [9.17, 15) is 19.1 Å². The van der Waals surface area contributed by atoms with Crippen LogP contribution in [-0.4, -0.2) is 70.3 Å². The van der Waals surface area contributed by atoms with Gasteiger partial charge in [0.2, 0.25) is 5.95 Å². The van der Waals surface area contributed by atoms with Gasteiger partial charge in [0.05, 0.1) is 12.9 Å². The number of fused-ring (bicyclic) bond motifs is 1. The van der Waals surface area contributed by atoms with Crippen LogP contribution in [-0.2, 0) is 22.7 Å². The smallest absolute Gasteiger partial charge is 0.385 e. The van der Waals surface area contributed by atoms with Crippen molar-refractivity contribution in [2.24, 2.45) is 0 Å². The van der Waals surface area contributed by atoms with E-state index in [2.05, 4.69) is 29.1 Å². The van der Waals surface area contributed by atoms with E-state index in [1.165, 1.54) is 7.05 Å². The summed E-state index contributed by atoms with van der Waals surface area (Å²) in [5.74, 6) is 0.0476. The van der Waals surface area contributed by atoms with E-state index in [0.717, 1.165) is 10.9 Å². The number of anilines is 2. The maximum atomic E-state index is 15.1. The molecule has 0 radical (unpaired) electrons. The van der Waals surface area contributed by atoms with Crippen molar-refractivity contribution in [1.82, 2.24) is 19.5 Å². The van der Waals surface area contributed by atoms with Crippen LogP contribution >= 0.6 is 27.2 Å². The second kappa shape index (κ2) is 7.91. The molecule has 5 atom stereocenters. The highest BCUT2D eigenvalue weighted by atomic mass is 35.5. The lowest BCUT2D eigenvalue weighted by atomic mass is 10.1. The van der Waals surface area contributed by atoms with Gasteiger partial charge in [0, 0.05) is 7.05 Å². The third-order valence-corrected chi connectivity index (χ3v) is 6.48. The number of aromatic nitrogens is 4. The summed E-state index contributed by atoms with van der Waals surface area (Å²) in [6.07, 6.45) is -4.38. The summed E-state index contributed by atoms with van der Waals surface area (Å²) in [7, 11) is -9.08. The van der Waals surface area contributed by atoms with Gasteiger partial charge >= 0.3 is 15.6 Å². The van der Waals surface area contributed by atoms with Gasteiger partial charge in [-0.1, -0.05) is 11.6 Å². The van der Waals surface area contributed by atoms with Crippen LogP contribution in [0, 0.1) is 0 Å². The summed E-state index contributed by atoms with van der Waals surface area (Å²) < 4.78 is 51.6. The number of halogens is 2. The lowest BCUT2D eigenvalue weighted by molar-refractivity contribution is -0.0473. The molecule has 0 amide bonds. The van der Waals surface area contributed by atoms with Crippen LogP contribution in [0.2, 0.25) is 0 Å². The van der Waals surface area contributed by atoms with Gasteiger partial charge in [0.15, 0.2) is 23.2 Å². The standard InChI is InChI=1S/C11H16ClFN6O9P2/c1-15-7-5-8(18-10(14)17-7)19(3-16-5)9-11(12,13)6(20)4(27-9)2-26-30(24,25)28-29(21,22)23/h3-4,6,9,20H,2H2,1H3,(H,24,25)(H2,21,22,23)(H3,14,15,17,18)/t4-,6-,9-,11-/m1/s1. The first-order valence-electron chi connectivity index (χ1n) is 7.88. The number of ether oxygens (including phenoxy) is 1. The van der Waals surface area contributed by atoms with Gasteiger partial charge in [-0.15, -0.1) is 0 Å². The third kappa shape index (κ3) is 4.57. The molecule has 0 aliphatic carbocycles. The van der Waals surface area contributed by atoms with Crippen molar-refractivity contribution in [3.05, 3.63) is 6.33 Å². The Kier molecular flexibility index (Phi) is 6.12. The molecule has 0 saturated carbocycles. The number of rotatable bonds is 7. The number of imidazole rings is 1. The van der Waals surface area contributed by atoms with Crippen molar-refractivity contribution >= 4 is 50.2 Å². The summed E-state index contributed by atoms with van der Waals surface area (Å²) in [4.78, 5) is 38.4. The fraction of sp³-hybridized carbons (Fsp3) is 0.545. The van der Waals surface area contributed by atoms with Crippen molar-refractivity contribution in [3.8, 4) is 0 Å². The number of hydrogen-bond acceptors (Lipinski definition) is 11. The van der Waals surface area contributed by atoms with Gasteiger partial charge < -0.3 is 35.6 Å². The van der Waals surface area contributed by atoms with Crippen molar-refractivity contribution < 1.29 is 46.9 Å². The Bertz CT molecular complexity index is 1050. The van der Waals surface area contributed by atoms with Crippen LogP contribution in [0.15, 0.2) is 6.33 Å². The van der Waals surface area contributed by atoms with Crippen molar-refractivity contribution in [3.63, 3.8) is 0 Å². The van der Waals surface area contributed by atoms with Gasteiger partial charge in [-0.2, -0.15) is 14.3 Å². The maximum Gasteiger partial charge on any atom is 0.481 e. The van der Waals surface area contributed by atoms with Gasteiger partial charge in [0.1, 0.15) is 12.2 Å². The average molecular weight is 493 g/mol. The molecular weight excluding hydrogens is 477 g/mol. The van der Waals surface area contributed by atoms with Gasteiger partial charge in [-0.05, 0) is 0 Å². The number of aliphatic hydroxyl groups is 1. The number of aliphatic hydroxyl groups excluding tert-OH is 1. The van der Waals surface area contributed by atoms with Crippen LogP contribution in [0.5, 0.6) is 0 Å². The summed E-state index contributed by atoms with van der Waals surface area (Å²) in [6, 6.07) is 0. The Balaban J connectivity index is 1.86. The molecule has 1 aliphatic heterocycles. The summed E-state index contributed by atoms with van der Waals surface area (Å²) in [6.45, 7) is -1.00. The Morgan fingerprint density at radius 3 is 2.70 bits per heavy atom. The zero-order valence-corrected chi connectivity index (χ0v) is 17.4. The highest BCUT2D eigenvalue weighted by Gasteiger charge is 2.58. The second-order valence-corrected chi connectivity index (χ2v) is 9.40. The molecule has 1 aliphatic rings. The summed E-state index contributed by atoms with van der Waals surface area (Å²) >= 11 is 5.82. The van der Waals surface area contributed by atoms with E-state index in [-0.39, 0.29) is 22.9 Å². The highest BCUT2D eigenvalue weighted by molar-refractivity contribution is 7.60. The number of nitrogens with one attached hydrogen (secondary N) is 1. The van der Waals surface area contributed by atoms with Crippen LogP contribution < -0.4 is 11.1 Å². The number of phosphoric acid groups is 2. The second-order valence-electron chi connectivity index (χ2n) is 5.99. The van der Waals surface area contributed by atoms with Gasteiger partial charge in [0.25, 0.3) is 5.13 Å². The Labute approximate surface area is 171 Å². The summed E-state index contributed by atoms with van der Waals surface area (Å²) in [5, 5.41) is 9.91. The molecule has 3 rings (SSSR count). The minimum Gasteiger partial charge on any atom is -0.385 e. The number of alkyl halides is 2. The first-order valence-corrected chi connectivity index (χ1v) is 11.3. The molecule has 19 heteroatoms.